The number of hydrogen-bond acceptors (Lipinski definition) is 5. The molecule has 0 saturated carbocycles. The zero-order valence-electron chi connectivity index (χ0n) is 21.6. The second kappa shape index (κ2) is 10.8. The van der Waals surface area contributed by atoms with E-state index in [1.807, 2.05) is 47.4 Å². The van der Waals surface area contributed by atoms with Gasteiger partial charge < -0.3 is 20.9 Å². The van der Waals surface area contributed by atoms with Crippen molar-refractivity contribution < 1.29 is 9.59 Å². The molecule has 0 saturated heterocycles. The number of fused-ring (bicyclic) bond motifs is 2. The fraction of sp³-hybridized carbons (Fsp3) is 0.310. The molecule has 0 spiro atoms. The minimum Gasteiger partial charge on any atom is -0.387 e. The Bertz CT molecular complexity index is 1490. The Balaban J connectivity index is 1.72. The molecular formula is C29H33N5O3. The van der Waals surface area contributed by atoms with Gasteiger partial charge >= 0.3 is 0 Å². The molecule has 2 amide bonds. The van der Waals surface area contributed by atoms with Crippen LogP contribution in [0.25, 0.3) is 28.0 Å². The van der Waals surface area contributed by atoms with E-state index >= 15 is 0 Å². The Morgan fingerprint density at radius 3 is 2.38 bits per heavy atom. The predicted molar refractivity (Wildman–Crippen MR) is 149 cm³/mol. The van der Waals surface area contributed by atoms with Crippen LogP contribution in [0.15, 0.2) is 57.8 Å². The van der Waals surface area contributed by atoms with Gasteiger partial charge in [-0.1, -0.05) is 32.0 Å². The number of rotatable bonds is 8. The van der Waals surface area contributed by atoms with E-state index in [0.29, 0.717) is 47.7 Å². The van der Waals surface area contributed by atoms with Gasteiger partial charge in [0.2, 0.25) is 11.8 Å². The van der Waals surface area contributed by atoms with Gasteiger partial charge in [-0.2, -0.15) is 0 Å². The zero-order chi connectivity index (χ0) is 26.7. The minimum atomic E-state index is -0.562. The van der Waals surface area contributed by atoms with Crippen LogP contribution in [0.1, 0.15) is 44.4 Å². The van der Waals surface area contributed by atoms with Crippen LogP contribution in [0.2, 0.25) is 0 Å². The lowest BCUT2D eigenvalue weighted by atomic mass is 9.98. The molecule has 3 aromatic rings. The summed E-state index contributed by atoms with van der Waals surface area (Å²) in [7, 11) is 0. The first-order valence-corrected chi connectivity index (χ1v) is 12.6. The van der Waals surface area contributed by atoms with E-state index < -0.39 is 5.91 Å². The van der Waals surface area contributed by atoms with E-state index in [9.17, 15) is 14.4 Å². The number of carbonyl (C=O) groups excluding carboxylic acids is 2. The van der Waals surface area contributed by atoms with Gasteiger partial charge in [-0.05, 0) is 66.6 Å². The van der Waals surface area contributed by atoms with E-state index in [2.05, 4.69) is 18.8 Å². The van der Waals surface area contributed by atoms with E-state index in [0.717, 1.165) is 34.9 Å². The van der Waals surface area contributed by atoms with Crippen molar-refractivity contribution in [2.75, 3.05) is 13.1 Å². The molecule has 0 aliphatic carbocycles. The fourth-order valence-electron chi connectivity index (χ4n) is 4.78. The van der Waals surface area contributed by atoms with Crippen LogP contribution >= 0.6 is 0 Å². The number of nitrogens with zero attached hydrogens (tertiary/aromatic N) is 3. The third-order valence-corrected chi connectivity index (χ3v) is 6.51. The van der Waals surface area contributed by atoms with Gasteiger partial charge in [0.05, 0.1) is 5.69 Å². The second-order valence-electron chi connectivity index (χ2n) is 9.46. The molecular weight excluding hydrogens is 466 g/mol. The molecule has 0 atom stereocenters. The van der Waals surface area contributed by atoms with Crippen molar-refractivity contribution in [1.29, 1.82) is 0 Å². The molecule has 8 heteroatoms. The molecule has 0 bridgehead atoms. The number of aromatic nitrogens is 1. The molecule has 1 aromatic heterocycles. The summed E-state index contributed by atoms with van der Waals surface area (Å²) in [5, 5.41) is 1.29. The summed E-state index contributed by atoms with van der Waals surface area (Å²) in [6, 6.07) is 13.3. The third kappa shape index (κ3) is 5.48. The van der Waals surface area contributed by atoms with Gasteiger partial charge in [-0.25, -0.2) is 4.99 Å². The first-order chi connectivity index (χ1) is 17.7. The van der Waals surface area contributed by atoms with E-state index in [4.69, 9.17) is 11.5 Å². The zero-order valence-corrected chi connectivity index (χ0v) is 21.6. The van der Waals surface area contributed by atoms with Gasteiger partial charge in [0.25, 0.3) is 5.56 Å². The highest BCUT2D eigenvalue weighted by molar-refractivity contribution is 6.05. The Hall–Kier alpha value is -4.20. The number of amides is 2. The number of carbonyl (C=O) groups is 2. The van der Waals surface area contributed by atoms with Crippen molar-refractivity contribution in [1.82, 2.24) is 9.47 Å². The molecule has 0 fully saturated rings. The normalized spacial score (nSPS) is 12.9. The molecule has 0 unspecified atom stereocenters. The molecule has 1 aliphatic heterocycles. The van der Waals surface area contributed by atoms with E-state index in [-0.39, 0.29) is 18.0 Å². The summed E-state index contributed by atoms with van der Waals surface area (Å²) >= 11 is 0. The maximum Gasteiger partial charge on any atom is 0.259 e. The topological polar surface area (TPSA) is 124 Å². The number of benzene rings is 2. The van der Waals surface area contributed by atoms with Crippen molar-refractivity contribution in [3.8, 4) is 11.1 Å². The van der Waals surface area contributed by atoms with Crippen LogP contribution in [-0.2, 0) is 16.1 Å². The van der Waals surface area contributed by atoms with Crippen LogP contribution in [0, 0.1) is 6.92 Å². The van der Waals surface area contributed by atoms with Crippen LogP contribution in [0.3, 0.4) is 0 Å². The van der Waals surface area contributed by atoms with E-state index in [1.165, 1.54) is 4.57 Å². The number of pyridine rings is 1. The molecule has 8 nitrogen and oxygen atoms in total. The molecule has 1 aliphatic rings. The Morgan fingerprint density at radius 2 is 1.70 bits per heavy atom. The third-order valence-electron chi connectivity index (χ3n) is 6.51. The quantitative estimate of drug-likeness (QED) is 0.488. The molecule has 4 N–H and O–H groups in total. The van der Waals surface area contributed by atoms with Crippen molar-refractivity contribution in [3.05, 3.63) is 69.6 Å². The van der Waals surface area contributed by atoms with Gasteiger partial charge in [-0.3, -0.25) is 14.4 Å². The molecule has 4 rings (SSSR count). The lowest BCUT2D eigenvalue weighted by Gasteiger charge is -2.22. The number of aryl methyl sites for hydroxylation is 1. The lowest BCUT2D eigenvalue weighted by molar-refractivity contribution is -0.127. The van der Waals surface area contributed by atoms with Gasteiger partial charge in [0.1, 0.15) is 12.4 Å². The van der Waals surface area contributed by atoms with Crippen LogP contribution in [-0.4, -0.2) is 40.2 Å². The lowest BCUT2D eigenvalue weighted by Crippen LogP contribution is -2.34. The first-order valence-electron chi connectivity index (χ1n) is 12.6. The monoisotopic (exact) mass is 499 g/mol. The minimum absolute atomic E-state index is 0.00525. The van der Waals surface area contributed by atoms with Gasteiger partial charge in [0.15, 0.2) is 0 Å². The second-order valence-corrected chi connectivity index (χ2v) is 9.46. The summed E-state index contributed by atoms with van der Waals surface area (Å²) in [5.41, 5.74) is 16.0. The van der Waals surface area contributed by atoms with Gasteiger partial charge in [0, 0.05) is 41.7 Å². The number of hydrogen-bond donors (Lipinski definition) is 2. The Kier molecular flexibility index (Phi) is 7.57. The highest BCUT2D eigenvalue weighted by atomic mass is 16.2. The Morgan fingerprint density at radius 1 is 1.03 bits per heavy atom. The van der Waals surface area contributed by atoms with E-state index in [1.54, 1.807) is 13.0 Å². The molecule has 37 heavy (non-hydrogen) atoms. The van der Waals surface area contributed by atoms with Crippen LogP contribution < -0.4 is 17.0 Å². The smallest absolute Gasteiger partial charge is 0.259 e. The maximum atomic E-state index is 13.2. The molecule has 192 valence electrons. The highest BCUT2D eigenvalue weighted by Gasteiger charge is 2.21. The highest BCUT2D eigenvalue weighted by Crippen LogP contribution is 2.33. The Labute approximate surface area is 216 Å². The summed E-state index contributed by atoms with van der Waals surface area (Å²) in [6.45, 7) is 7.18. The fourth-order valence-corrected chi connectivity index (χ4v) is 4.78. The number of primary amides is 1. The van der Waals surface area contributed by atoms with Crippen molar-refractivity contribution in [2.45, 2.75) is 46.6 Å². The van der Waals surface area contributed by atoms with Crippen LogP contribution in [0.4, 0.5) is 5.69 Å². The van der Waals surface area contributed by atoms with Gasteiger partial charge in [-0.15, -0.1) is 0 Å². The predicted octanol–water partition coefficient (Wildman–Crippen LogP) is 3.89. The number of nitrogens with two attached hydrogens (primary N) is 2. The summed E-state index contributed by atoms with van der Waals surface area (Å²) in [4.78, 5) is 44.0. The molecule has 2 aromatic carbocycles. The first kappa shape index (κ1) is 25.9. The summed E-state index contributed by atoms with van der Waals surface area (Å²) in [5.74, 6) is -0.161. The largest absolute Gasteiger partial charge is 0.387 e. The summed E-state index contributed by atoms with van der Waals surface area (Å²) in [6.07, 6.45) is 3.99. The number of aliphatic imine (C=N–C) groups is 1. The van der Waals surface area contributed by atoms with Crippen molar-refractivity contribution >= 4 is 40.2 Å². The van der Waals surface area contributed by atoms with Crippen LogP contribution in [0.5, 0.6) is 0 Å². The molecule has 2 heterocycles. The van der Waals surface area contributed by atoms with Crippen molar-refractivity contribution in [2.24, 2.45) is 16.5 Å². The maximum absolute atomic E-state index is 13.2. The average Bonchev–Trinajstić information content (AvgIpc) is 3.03. The number of amidine groups is 1. The SMILES string of the molecule is CCCN(CCC)C(=O)C1=Cc2ccc(-c3ccc4c(=O)n(CC(N)=O)c(C)cc4c3)cc2N=C(N)C1. The standard InChI is InChI=1S/C29H33N5O3/c1-4-10-33(11-5-2)28(36)23-14-21-7-6-20(15-25(21)32-26(30)16-23)19-8-9-24-22(13-19)12-18(3)34(29(24)37)17-27(31)35/h6-9,12-15H,4-5,10-11,16-17H2,1-3H3,(H2,30,32)(H2,31,35). The van der Waals surface area contributed by atoms with Crippen molar-refractivity contribution in [3.63, 3.8) is 0 Å². The molecule has 0 radical (unpaired) electrons. The average molecular weight is 500 g/mol. The summed E-state index contributed by atoms with van der Waals surface area (Å²) < 4.78 is 1.39.